The second kappa shape index (κ2) is 5.99. The quantitative estimate of drug-likeness (QED) is 0.726. The van der Waals surface area contributed by atoms with Gasteiger partial charge in [-0.15, -0.1) is 0 Å². The van der Waals surface area contributed by atoms with Gasteiger partial charge < -0.3 is 10.5 Å². The van der Waals surface area contributed by atoms with Gasteiger partial charge in [0, 0.05) is 0 Å². The molecule has 1 unspecified atom stereocenters. The highest BCUT2D eigenvalue weighted by Gasteiger charge is 2.18. The molecule has 118 valence electrons. The summed E-state index contributed by atoms with van der Waals surface area (Å²) in [6.45, 7) is 0. The lowest BCUT2D eigenvalue weighted by atomic mass is 9.86. The van der Waals surface area contributed by atoms with Crippen molar-refractivity contribution >= 4 is 22.9 Å². The van der Waals surface area contributed by atoms with Crippen LogP contribution in [-0.4, -0.2) is 7.11 Å². The third-order valence-corrected chi connectivity index (χ3v) is 4.59. The molecule has 0 radical (unpaired) electrons. The summed E-state index contributed by atoms with van der Waals surface area (Å²) in [7, 11) is 1.68. The Kier molecular flexibility index (Phi) is 3.68. The molecule has 0 heterocycles. The van der Waals surface area contributed by atoms with E-state index < -0.39 is 0 Å². The van der Waals surface area contributed by atoms with E-state index in [2.05, 4.69) is 54.6 Å². The first-order valence-electron chi connectivity index (χ1n) is 8.07. The van der Waals surface area contributed by atoms with Crippen LogP contribution in [-0.2, 0) is 0 Å². The lowest BCUT2D eigenvalue weighted by Crippen LogP contribution is -2.16. The van der Waals surface area contributed by atoms with Crippen LogP contribution in [0.2, 0.25) is 0 Å². The SMILES string of the molecule is COc1ccc(C=C2C=Cc3c(ccc4ccccc34)C2N)cc1. The van der Waals surface area contributed by atoms with Crippen LogP contribution in [0.5, 0.6) is 5.75 Å². The van der Waals surface area contributed by atoms with Gasteiger partial charge in [-0.2, -0.15) is 0 Å². The molecule has 1 aliphatic carbocycles. The van der Waals surface area contributed by atoms with Crippen molar-refractivity contribution in [2.45, 2.75) is 6.04 Å². The van der Waals surface area contributed by atoms with Gasteiger partial charge in [-0.05, 0) is 51.2 Å². The van der Waals surface area contributed by atoms with E-state index in [-0.39, 0.29) is 6.04 Å². The first-order valence-corrected chi connectivity index (χ1v) is 8.07. The molecule has 0 fully saturated rings. The van der Waals surface area contributed by atoms with Crippen molar-refractivity contribution in [3.05, 3.63) is 89.0 Å². The third-order valence-electron chi connectivity index (χ3n) is 4.59. The van der Waals surface area contributed by atoms with Gasteiger partial charge in [0.25, 0.3) is 0 Å². The second-order valence-corrected chi connectivity index (χ2v) is 6.02. The molecule has 4 rings (SSSR count). The van der Waals surface area contributed by atoms with Crippen molar-refractivity contribution in [1.82, 2.24) is 0 Å². The van der Waals surface area contributed by atoms with Gasteiger partial charge in [-0.25, -0.2) is 0 Å². The zero-order chi connectivity index (χ0) is 16.5. The summed E-state index contributed by atoms with van der Waals surface area (Å²) in [5.74, 6) is 0.859. The highest BCUT2D eigenvalue weighted by atomic mass is 16.5. The van der Waals surface area contributed by atoms with Gasteiger partial charge in [0.1, 0.15) is 5.75 Å². The Hall–Kier alpha value is -2.84. The van der Waals surface area contributed by atoms with Crippen molar-refractivity contribution in [1.29, 1.82) is 0 Å². The molecule has 0 amide bonds. The maximum atomic E-state index is 6.54. The molecule has 0 bridgehead atoms. The lowest BCUT2D eigenvalue weighted by molar-refractivity contribution is 0.415. The standard InChI is InChI=1S/C22H19NO/c1-24-18-10-6-15(7-11-18)14-17-9-12-20-19-5-3-2-4-16(19)8-13-21(20)22(17)23/h2-14,22H,23H2,1H3. The molecular formula is C22H19NO. The minimum atomic E-state index is -0.114. The van der Waals surface area contributed by atoms with Crippen LogP contribution in [0.4, 0.5) is 0 Å². The molecule has 3 aromatic rings. The molecule has 0 spiro atoms. The van der Waals surface area contributed by atoms with Gasteiger partial charge in [0.2, 0.25) is 0 Å². The van der Waals surface area contributed by atoms with Crippen LogP contribution in [0.25, 0.3) is 22.9 Å². The van der Waals surface area contributed by atoms with E-state index in [4.69, 9.17) is 10.5 Å². The van der Waals surface area contributed by atoms with Crippen molar-refractivity contribution < 1.29 is 4.74 Å². The van der Waals surface area contributed by atoms with Gasteiger partial charge in [0.15, 0.2) is 0 Å². The average molecular weight is 313 g/mol. The van der Waals surface area contributed by atoms with E-state index in [0.29, 0.717) is 0 Å². The molecule has 0 aromatic heterocycles. The molecule has 2 N–H and O–H groups in total. The molecule has 0 saturated carbocycles. The van der Waals surface area contributed by atoms with Crippen LogP contribution in [0.15, 0.2) is 72.3 Å². The minimum Gasteiger partial charge on any atom is -0.497 e. The molecule has 2 heteroatoms. The van der Waals surface area contributed by atoms with Crippen molar-refractivity contribution in [2.24, 2.45) is 5.73 Å². The predicted molar refractivity (Wildman–Crippen MR) is 101 cm³/mol. The highest BCUT2D eigenvalue weighted by Crippen LogP contribution is 2.35. The number of methoxy groups -OCH3 is 1. The summed E-state index contributed by atoms with van der Waals surface area (Å²) in [5.41, 5.74) is 11.2. The van der Waals surface area contributed by atoms with Gasteiger partial charge in [-0.3, -0.25) is 0 Å². The first kappa shape index (κ1) is 14.7. The fourth-order valence-electron chi connectivity index (χ4n) is 3.26. The molecular weight excluding hydrogens is 294 g/mol. The molecule has 0 aliphatic heterocycles. The number of benzene rings is 3. The summed E-state index contributed by atoms with van der Waals surface area (Å²) in [4.78, 5) is 0. The summed E-state index contributed by atoms with van der Waals surface area (Å²) >= 11 is 0. The third kappa shape index (κ3) is 2.51. The van der Waals surface area contributed by atoms with E-state index >= 15 is 0 Å². The summed E-state index contributed by atoms with van der Waals surface area (Å²) in [6.07, 6.45) is 6.44. The van der Waals surface area contributed by atoms with Gasteiger partial charge >= 0.3 is 0 Å². The van der Waals surface area contributed by atoms with Gasteiger partial charge in [-0.1, -0.05) is 60.7 Å². The average Bonchev–Trinajstić information content (AvgIpc) is 2.64. The zero-order valence-corrected chi connectivity index (χ0v) is 13.6. The Morgan fingerprint density at radius 2 is 1.71 bits per heavy atom. The van der Waals surface area contributed by atoms with E-state index in [0.717, 1.165) is 16.9 Å². The summed E-state index contributed by atoms with van der Waals surface area (Å²) < 4.78 is 5.21. The van der Waals surface area contributed by atoms with Crippen LogP contribution in [0.3, 0.4) is 0 Å². The van der Waals surface area contributed by atoms with Crippen LogP contribution in [0.1, 0.15) is 22.7 Å². The van der Waals surface area contributed by atoms with E-state index in [1.54, 1.807) is 7.11 Å². The Morgan fingerprint density at radius 1 is 0.917 bits per heavy atom. The molecule has 2 nitrogen and oxygen atoms in total. The molecule has 0 saturated heterocycles. The largest absolute Gasteiger partial charge is 0.497 e. The maximum Gasteiger partial charge on any atom is 0.118 e. The highest BCUT2D eigenvalue weighted by molar-refractivity contribution is 5.93. The Balaban J connectivity index is 1.76. The summed E-state index contributed by atoms with van der Waals surface area (Å²) in [5, 5.41) is 2.50. The number of fused-ring (bicyclic) bond motifs is 3. The monoisotopic (exact) mass is 313 g/mol. The van der Waals surface area contributed by atoms with E-state index in [1.165, 1.54) is 21.9 Å². The lowest BCUT2D eigenvalue weighted by Gasteiger charge is -2.22. The van der Waals surface area contributed by atoms with Crippen LogP contribution >= 0.6 is 0 Å². The normalized spacial score (nSPS) is 17.9. The Morgan fingerprint density at radius 3 is 2.50 bits per heavy atom. The number of nitrogens with two attached hydrogens (primary N) is 1. The summed E-state index contributed by atoms with van der Waals surface area (Å²) in [6, 6.07) is 20.6. The Labute approximate surface area is 141 Å². The number of ether oxygens (including phenoxy) is 1. The van der Waals surface area contributed by atoms with Crippen LogP contribution < -0.4 is 10.5 Å². The second-order valence-electron chi connectivity index (χ2n) is 6.02. The maximum absolute atomic E-state index is 6.54. The smallest absolute Gasteiger partial charge is 0.118 e. The van der Waals surface area contributed by atoms with Gasteiger partial charge in [0.05, 0.1) is 13.2 Å². The number of hydrogen-bond acceptors (Lipinski definition) is 2. The van der Waals surface area contributed by atoms with Crippen molar-refractivity contribution in [3.63, 3.8) is 0 Å². The van der Waals surface area contributed by atoms with Crippen molar-refractivity contribution in [2.75, 3.05) is 7.11 Å². The molecule has 3 aromatic carbocycles. The van der Waals surface area contributed by atoms with E-state index in [9.17, 15) is 0 Å². The molecule has 1 aliphatic rings. The predicted octanol–water partition coefficient (Wildman–Crippen LogP) is 4.96. The fourth-order valence-corrected chi connectivity index (χ4v) is 3.26. The topological polar surface area (TPSA) is 35.2 Å². The first-order chi connectivity index (χ1) is 11.8. The molecule has 1 atom stereocenters. The van der Waals surface area contributed by atoms with E-state index in [1.807, 2.05) is 24.3 Å². The Bertz CT molecular complexity index is 951. The number of hydrogen-bond donors (Lipinski definition) is 1. The minimum absolute atomic E-state index is 0.114. The zero-order valence-electron chi connectivity index (χ0n) is 13.6. The van der Waals surface area contributed by atoms with Crippen LogP contribution in [0, 0.1) is 0 Å². The molecule has 24 heavy (non-hydrogen) atoms. The number of rotatable bonds is 2. The van der Waals surface area contributed by atoms with Crippen molar-refractivity contribution in [3.8, 4) is 5.75 Å². The fraction of sp³-hybridized carbons (Fsp3) is 0.0909.